The summed E-state index contributed by atoms with van der Waals surface area (Å²) in [7, 11) is 3.56. The Morgan fingerprint density at radius 1 is 0.338 bits per heavy atom. The Bertz CT molecular complexity index is 3310. The molecule has 0 saturated carbocycles. The van der Waals surface area contributed by atoms with Gasteiger partial charge < -0.3 is 18.6 Å². The Hall–Kier alpha value is -7.02. The van der Waals surface area contributed by atoms with Gasteiger partial charge in [-0.15, -0.1) is 0 Å². The van der Waals surface area contributed by atoms with Gasteiger partial charge in [-0.3, -0.25) is 0 Å². The summed E-state index contributed by atoms with van der Waals surface area (Å²) in [4.78, 5) is 5.54. The van der Waals surface area contributed by atoms with Gasteiger partial charge in [-0.2, -0.15) is 0 Å². The van der Waals surface area contributed by atoms with E-state index >= 15 is 0 Å². The minimum Gasteiger partial charge on any atom is -0.494 e. The third-order valence-corrected chi connectivity index (χ3v) is 12.7. The van der Waals surface area contributed by atoms with Crippen LogP contribution in [-0.4, -0.2) is 28.3 Å². The summed E-state index contributed by atoms with van der Waals surface area (Å²) in [5, 5.41) is 4.84. The van der Waals surface area contributed by atoms with Crippen molar-refractivity contribution in [2.75, 3.05) is 14.2 Å². The molecule has 0 spiro atoms. The molecule has 0 aliphatic carbocycles. The van der Waals surface area contributed by atoms with Crippen molar-refractivity contribution in [2.24, 2.45) is 0 Å². The van der Waals surface area contributed by atoms with E-state index in [2.05, 4.69) is 213 Å². The second kappa shape index (κ2) is 16.8. The normalized spacial score (nSPS) is 11.4. The Morgan fingerprint density at radius 2 is 0.677 bits per heavy atom. The second-order valence-electron chi connectivity index (χ2n) is 17.0. The zero-order valence-corrected chi connectivity index (χ0v) is 41.0. The maximum atomic E-state index is 6.46. The minimum absolute atomic E-state index is 0. The van der Waals surface area contributed by atoms with E-state index in [1.165, 1.54) is 21.5 Å². The van der Waals surface area contributed by atoms with E-state index in [4.69, 9.17) is 14.5 Å². The van der Waals surface area contributed by atoms with E-state index in [0.29, 0.717) is 0 Å². The van der Waals surface area contributed by atoms with E-state index < -0.39 is 0 Å². The molecule has 314 valence electrons. The maximum absolute atomic E-state index is 6.46. The third kappa shape index (κ3) is 6.99. The Morgan fingerprint density at radius 3 is 1.03 bits per heavy atom. The second-order valence-corrected chi connectivity index (χ2v) is 17.0. The molecule has 0 aliphatic rings. The first kappa shape index (κ1) is 42.0. The quantitative estimate of drug-likeness (QED) is 0.142. The van der Waals surface area contributed by atoms with Gasteiger partial charge in [0.2, 0.25) is 0 Å². The van der Waals surface area contributed by atoms with Crippen LogP contribution >= 0.6 is 0 Å². The first-order valence-electron chi connectivity index (χ1n) is 21.9. The molecule has 0 saturated heterocycles. The van der Waals surface area contributed by atoms with Crippen molar-refractivity contribution in [3.63, 3.8) is 0 Å². The molecular weight excluding hydrogens is 961 g/mol. The molecule has 0 N–H and O–H groups in total. The van der Waals surface area contributed by atoms with Gasteiger partial charge in [0.1, 0.15) is 0 Å². The van der Waals surface area contributed by atoms with Crippen molar-refractivity contribution in [2.45, 2.75) is 27.7 Å². The number of ether oxygens (including phenoxy) is 2. The van der Waals surface area contributed by atoms with E-state index in [0.717, 1.165) is 112 Å². The van der Waals surface area contributed by atoms with Gasteiger partial charge in [0.05, 0.1) is 59.0 Å². The molecular formula is C59H47HfN3O2. The number of benzene rings is 8. The predicted octanol–water partition coefficient (Wildman–Crippen LogP) is 15.2. The third-order valence-electron chi connectivity index (χ3n) is 12.7. The monoisotopic (exact) mass is 1010 g/mol. The number of rotatable bonds is 8. The van der Waals surface area contributed by atoms with Crippen molar-refractivity contribution < 1.29 is 35.3 Å². The number of methoxy groups -OCH3 is 2. The van der Waals surface area contributed by atoms with Crippen molar-refractivity contribution in [1.82, 2.24) is 14.1 Å². The molecule has 3 aromatic heterocycles. The van der Waals surface area contributed by atoms with E-state index in [-0.39, 0.29) is 25.8 Å². The summed E-state index contributed by atoms with van der Waals surface area (Å²) < 4.78 is 17.6. The summed E-state index contributed by atoms with van der Waals surface area (Å²) in [6, 6.07) is 63.1. The van der Waals surface area contributed by atoms with Crippen LogP contribution in [0.3, 0.4) is 0 Å². The number of nitrogens with zero attached hydrogens (tertiary/aromatic N) is 3. The van der Waals surface area contributed by atoms with E-state index in [1.54, 1.807) is 14.2 Å². The zero-order valence-electron chi connectivity index (χ0n) is 37.4. The van der Waals surface area contributed by atoms with Gasteiger partial charge in [0, 0.05) is 69.6 Å². The van der Waals surface area contributed by atoms with Gasteiger partial charge in [-0.25, -0.2) is 4.98 Å². The fraction of sp³-hybridized carbons (Fsp3) is 0.102. The SMILES string of the molecule is COc1c(-c2ccc(C)cc2-c2cccc(-c3cc(C)ccc3-c3cc(C)cc(-n4c5ccccc5c5ccccc54)c3OC)n2)cc(C)cc1-n1c2ccccc2c2ccccc21.[Hf]. The van der Waals surface area contributed by atoms with Crippen LogP contribution < -0.4 is 9.47 Å². The molecule has 5 nitrogen and oxygen atoms in total. The molecule has 0 fully saturated rings. The van der Waals surface area contributed by atoms with Crippen molar-refractivity contribution >= 4 is 43.6 Å². The molecule has 11 rings (SSSR count). The van der Waals surface area contributed by atoms with Crippen molar-refractivity contribution in [1.29, 1.82) is 0 Å². The van der Waals surface area contributed by atoms with Gasteiger partial charge >= 0.3 is 0 Å². The molecule has 0 amide bonds. The van der Waals surface area contributed by atoms with Crippen LogP contribution in [0.1, 0.15) is 22.3 Å². The Balaban J connectivity index is 0.00000498. The summed E-state index contributed by atoms with van der Waals surface area (Å²) in [5.74, 6) is 1.62. The van der Waals surface area contributed by atoms with Crippen molar-refractivity contribution in [3.05, 3.63) is 198 Å². The predicted molar refractivity (Wildman–Crippen MR) is 267 cm³/mol. The van der Waals surface area contributed by atoms with Gasteiger partial charge in [-0.05, 0) is 123 Å². The smallest absolute Gasteiger partial charge is 0.150 e. The van der Waals surface area contributed by atoms with Crippen LogP contribution in [0.4, 0.5) is 0 Å². The first-order valence-corrected chi connectivity index (χ1v) is 21.9. The van der Waals surface area contributed by atoms with Gasteiger partial charge in [-0.1, -0.05) is 114 Å². The fourth-order valence-electron chi connectivity index (χ4n) is 9.98. The number of para-hydroxylation sites is 4. The molecule has 3 heterocycles. The van der Waals surface area contributed by atoms with Crippen LogP contribution in [0.2, 0.25) is 0 Å². The number of hydrogen-bond acceptors (Lipinski definition) is 3. The van der Waals surface area contributed by atoms with Crippen LogP contribution in [0.15, 0.2) is 176 Å². The minimum atomic E-state index is 0. The molecule has 0 bridgehead atoms. The largest absolute Gasteiger partial charge is 0.494 e. The van der Waals surface area contributed by atoms with Gasteiger partial charge in [0.25, 0.3) is 0 Å². The van der Waals surface area contributed by atoms with Crippen LogP contribution in [0.25, 0.3) is 99.8 Å². The number of aryl methyl sites for hydroxylation is 4. The van der Waals surface area contributed by atoms with Crippen LogP contribution in [0.5, 0.6) is 11.5 Å². The number of hydrogen-bond donors (Lipinski definition) is 0. The zero-order chi connectivity index (χ0) is 43.6. The van der Waals surface area contributed by atoms with E-state index in [9.17, 15) is 0 Å². The summed E-state index contributed by atoms with van der Waals surface area (Å²) >= 11 is 0. The average molecular weight is 1010 g/mol. The molecule has 0 atom stereocenters. The van der Waals surface area contributed by atoms with Crippen LogP contribution in [0, 0.1) is 27.7 Å². The standard InChI is InChI=1S/C59H47N3O2.Hf/c1-36-26-28-40(48-32-38(3)34-56(58(48)63-5)61-52-22-11-7-16-42(52)43-17-8-12-23-53(43)61)46(30-36)50-20-15-21-51(60-50)47-31-37(2)27-29-41(47)49-33-39(4)35-57(59(49)64-6)62-54-24-13-9-18-44(54)45-19-10-14-25-55(45)62;/h7-35H,1-6H3;. The van der Waals surface area contributed by atoms with E-state index in [1.807, 2.05) is 0 Å². The average Bonchev–Trinajstić information content (AvgIpc) is 3.84. The van der Waals surface area contributed by atoms with Crippen molar-refractivity contribution in [3.8, 4) is 67.6 Å². The number of fused-ring (bicyclic) bond motifs is 6. The fourth-order valence-corrected chi connectivity index (χ4v) is 9.98. The Kier molecular flexibility index (Phi) is 10.9. The summed E-state index contributed by atoms with van der Waals surface area (Å²) in [6.45, 7) is 8.62. The molecule has 6 heteroatoms. The molecule has 11 aromatic rings. The molecule has 0 radical (unpaired) electrons. The molecule has 0 unspecified atom stereocenters. The summed E-state index contributed by atoms with van der Waals surface area (Å²) in [6.07, 6.45) is 0. The molecule has 8 aromatic carbocycles. The summed E-state index contributed by atoms with van der Waals surface area (Å²) in [5.41, 5.74) is 19.1. The first-order chi connectivity index (χ1) is 31.3. The van der Waals surface area contributed by atoms with Gasteiger partial charge in [0.15, 0.2) is 11.5 Å². The van der Waals surface area contributed by atoms with Crippen LogP contribution in [-0.2, 0) is 25.8 Å². The maximum Gasteiger partial charge on any atom is 0.150 e. The molecule has 0 aliphatic heterocycles. The topological polar surface area (TPSA) is 41.2 Å². The Labute approximate surface area is 398 Å². The number of aromatic nitrogens is 3. The number of pyridine rings is 1. The molecule has 65 heavy (non-hydrogen) atoms.